The third kappa shape index (κ3) is 4.28. The molecule has 0 aliphatic carbocycles. The Balaban J connectivity index is 1.72. The summed E-state index contributed by atoms with van der Waals surface area (Å²) >= 11 is 0. The number of aromatic nitrogens is 2. The number of benzene rings is 1. The zero-order chi connectivity index (χ0) is 16.1. The van der Waals surface area contributed by atoms with Gasteiger partial charge in [-0.3, -0.25) is 4.90 Å². The Labute approximate surface area is 134 Å². The summed E-state index contributed by atoms with van der Waals surface area (Å²) in [5.41, 5.74) is 1.15. The summed E-state index contributed by atoms with van der Waals surface area (Å²) < 4.78 is 10.7. The van der Waals surface area contributed by atoms with Gasteiger partial charge < -0.3 is 13.9 Å². The lowest BCUT2D eigenvalue weighted by Gasteiger charge is -2.23. The second-order valence-electron chi connectivity index (χ2n) is 5.40. The zero-order valence-electron chi connectivity index (χ0n) is 12.9. The first-order valence-electron chi connectivity index (χ1n) is 7.47. The monoisotopic (exact) mass is 313 g/mol. The van der Waals surface area contributed by atoms with E-state index in [4.69, 9.17) is 8.83 Å². The van der Waals surface area contributed by atoms with Gasteiger partial charge >= 0.3 is 0 Å². The predicted molar refractivity (Wildman–Crippen MR) is 83.3 cm³/mol. The van der Waals surface area contributed by atoms with Crippen LogP contribution in [0, 0.1) is 6.92 Å². The van der Waals surface area contributed by atoms with Crippen molar-refractivity contribution in [2.75, 3.05) is 6.54 Å². The molecular formula is C17H19N3O3. The second kappa shape index (κ2) is 7.21. The van der Waals surface area contributed by atoms with Gasteiger partial charge in [-0.05, 0) is 17.7 Å². The van der Waals surface area contributed by atoms with Crippen LogP contribution in [0.15, 0.2) is 57.6 Å². The van der Waals surface area contributed by atoms with Crippen molar-refractivity contribution in [1.82, 2.24) is 15.1 Å². The molecule has 0 fully saturated rings. The Morgan fingerprint density at radius 2 is 1.91 bits per heavy atom. The fourth-order valence-corrected chi connectivity index (χ4v) is 2.43. The molecule has 0 spiro atoms. The molecule has 3 rings (SSSR count). The number of aliphatic hydroxyl groups is 1. The Bertz CT molecular complexity index is 710. The van der Waals surface area contributed by atoms with E-state index in [9.17, 15) is 5.11 Å². The van der Waals surface area contributed by atoms with Gasteiger partial charge in [0.1, 0.15) is 11.9 Å². The summed E-state index contributed by atoms with van der Waals surface area (Å²) in [5.74, 6) is 1.61. The Morgan fingerprint density at radius 1 is 1.09 bits per heavy atom. The maximum absolute atomic E-state index is 10.3. The molecule has 1 atom stereocenters. The number of hydrogen-bond donors (Lipinski definition) is 1. The minimum Gasteiger partial charge on any atom is -0.467 e. The molecular weight excluding hydrogens is 294 g/mol. The number of aryl methyl sites for hydroxylation is 1. The molecule has 0 amide bonds. The fraction of sp³-hybridized carbons (Fsp3) is 0.294. The van der Waals surface area contributed by atoms with Crippen molar-refractivity contribution in [3.05, 3.63) is 71.8 Å². The minimum absolute atomic E-state index is 0.407. The Hall–Kier alpha value is -2.44. The van der Waals surface area contributed by atoms with Crippen LogP contribution in [0.2, 0.25) is 0 Å². The normalized spacial score (nSPS) is 12.7. The van der Waals surface area contributed by atoms with Crippen molar-refractivity contribution in [2.24, 2.45) is 0 Å². The molecule has 23 heavy (non-hydrogen) atoms. The maximum Gasteiger partial charge on any atom is 0.230 e. The molecule has 0 aliphatic heterocycles. The highest BCUT2D eigenvalue weighted by atomic mass is 16.4. The average molecular weight is 313 g/mol. The van der Waals surface area contributed by atoms with Gasteiger partial charge in [-0.2, -0.15) is 0 Å². The lowest BCUT2D eigenvalue weighted by atomic mass is 10.2. The first-order valence-corrected chi connectivity index (χ1v) is 7.47. The van der Waals surface area contributed by atoms with Gasteiger partial charge in [0.15, 0.2) is 0 Å². The zero-order valence-corrected chi connectivity index (χ0v) is 12.9. The molecule has 0 aliphatic rings. The van der Waals surface area contributed by atoms with Gasteiger partial charge in [-0.25, -0.2) is 0 Å². The van der Waals surface area contributed by atoms with E-state index in [1.54, 1.807) is 25.3 Å². The summed E-state index contributed by atoms with van der Waals surface area (Å²) in [7, 11) is 0. The van der Waals surface area contributed by atoms with Gasteiger partial charge in [0.05, 0.1) is 12.8 Å². The third-order valence-electron chi connectivity index (χ3n) is 3.48. The number of furan rings is 1. The number of hydrogen-bond acceptors (Lipinski definition) is 6. The lowest BCUT2D eigenvalue weighted by Crippen LogP contribution is -2.28. The summed E-state index contributed by atoms with van der Waals surface area (Å²) in [6, 6.07) is 13.6. The van der Waals surface area contributed by atoms with E-state index in [0.717, 1.165) is 5.56 Å². The molecule has 1 N–H and O–H groups in total. The van der Waals surface area contributed by atoms with E-state index in [0.29, 0.717) is 37.2 Å². The summed E-state index contributed by atoms with van der Waals surface area (Å²) in [5, 5.41) is 18.2. The molecule has 6 heteroatoms. The largest absolute Gasteiger partial charge is 0.467 e. The quantitative estimate of drug-likeness (QED) is 0.723. The van der Waals surface area contributed by atoms with E-state index < -0.39 is 6.10 Å². The molecule has 2 heterocycles. The number of rotatable bonds is 7. The van der Waals surface area contributed by atoms with E-state index in [2.05, 4.69) is 15.1 Å². The minimum atomic E-state index is -0.710. The Kier molecular flexibility index (Phi) is 4.85. The summed E-state index contributed by atoms with van der Waals surface area (Å²) in [4.78, 5) is 2.05. The van der Waals surface area contributed by atoms with Crippen LogP contribution >= 0.6 is 0 Å². The van der Waals surface area contributed by atoms with Crippen molar-refractivity contribution in [2.45, 2.75) is 26.1 Å². The number of nitrogens with zero attached hydrogens (tertiary/aromatic N) is 3. The molecule has 0 bridgehead atoms. The van der Waals surface area contributed by atoms with Crippen molar-refractivity contribution in [3.63, 3.8) is 0 Å². The Morgan fingerprint density at radius 3 is 2.57 bits per heavy atom. The van der Waals surface area contributed by atoms with Crippen molar-refractivity contribution >= 4 is 0 Å². The fourth-order valence-electron chi connectivity index (χ4n) is 2.43. The predicted octanol–water partition coefficient (Wildman–Crippen LogP) is 2.71. The van der Waals surface area contributed by atoms with Gasteiger partial charge in [0.2, 0.25) is 11.8 Å². The highest BCUT2D eigenvalue weighted by molar-refractivity contribution is 5.14. The van der Waals surface area contributed by atoms with Gasteiger partial charge in [0.25, 0.3) is 0 Å². The SMILES string of the molecule is Cc1nnc(CN(Cc2ccccc2)CC(O)c2ccco2)o1. The van der Waals surface area contributed by atoms with Gasteiger partial charge in [-0.1, -0.05) is 30.3 Å². The van der Waals surface area contributed by atoms with E-state index in [-0.39, 0.29) is 0 Å². The molecule has 0 saturated heterocycles. The van der Waals surface area contributed by atoms with Crippen LogP contribution in [0.1, 0.15) is 29.2 Å². The molecule has 1 unspecified atom stereocenters. The molecule has 6 nitrogen and oxygen atoms in total. The van der Waals surface area contributed by atoms with Crippen LogP contribution in [0.3, 0.4) is 0 Å². The van der Waals surface area contributed by atoms with Crippen molar-refractivity contribution < 1.29 is 13.9 Å². The summed E-state index contributed by atoms with van der Waals surface area (Å²) in [6.45, 7) is 3.30. The van der Waals surface area contributed by atoms with Crippen LogP contribution in [-0.2, 0) is 13.1 Å². The second-order valence-corrected chi connectivity index (χ2v) is 5.40. The smallest absolute Gasteiger partial charge is 0.230 e. The van der Waals surface area contributed by atoms with Crippen LogP contribution in [0.5, 0.6) is 0 Å². The first kappa shape index (κ1) is 15.5. The van der Waals surface area contributed by atoms with Crippen molar-refractivity contribution in [3.8, 4) is 0 Å². The van der Waals surface area contributed by atoms with Crippen LogP contribution in [0.25, 0.3) is 0 Å². The molecule has 1 aromatic carbocycles. The standard InChI is InChI=1S/C17H19N3O3/c1-13-18-19-17(23-13)12-20(10-14-6-3-2-4-7-14)11-15(21)16-8-5-9-22-16/h2-9,15,21H,10-12H2,1H3. The molecule has 0 saturated carbocycles. The van der Waals surface area contributed by atoms with E-state index in [1.165, 1.54) is 0 Å². The third-order valence-corrected chi connectivity index (χ3v) is 3.48. The topological polar surface area (TPSA) is 75.5 Å². The van der Waals surface area contributed by atoms with E-state index in [1.807, 2.05) is 30.3 Å². The van der Waals surface area contributed by atoms with Gasteiger partial charge in [-0.15, -0.1) is 10.2 Å². The first-order chi connectivity index (χ1) is 11.2. The van der Waals surface area contributed by atoms with E-state index >= 15 is 0 Å². The molecule has 3 aromatic rings. The lowest BCUT2D eigenvalue weighted by molar-refractivity contribution is 0.0827. The van der Waals surface area contributed by atoms with Gasteiger partial charge in [0, 0.05) is 20.0 Å². The maximum atomic E-state index is 10.3. The highest BCUT2D eigenvalue weighted by Gasteiger charge is 2.18. The highest BCUT2D eigenvalue weighted by Crippen LogP contribution is 2.18. The van der Waals surface area contributed by atoms with Crippen LogP contribution in [-0.4, -0.2) is 26.7 Å². The van der Waals surface area contributed by atoms with Crippen molar-refractivity contribution in [1.29, 1.82) is 0 Å². The van der Waals surface area contributed by atoms with Crippen LogP contribution < -0.4 is 0 Å². The average Bonchev–Trinajstić information content (AvgIpc) is 3.20. The summed E-state index contributed by atoms with van der Waals surface area (Å²) in [6.07, 6.45) is 0.847. The molecule has 2 aromatic heterocycles. The molecule has 120 valence electrons. The van der Waals surface area contributed by atoms with Crippen LogP contribution in [0.4, 0.5) is 0 Å². The number of aliphatic hydroxyl groups excluding tert-OH is 1. The molecule has 0 radical (unpaired) electrons.